The summed E-state index contributed by atoms with van der Waals surface area (Å²) < 4.78 is 5.87. The average Bonchev–Trinajstić information content (AvgIpc) is 2.56. The summed E-state index contributed by atoms with van der Waals surface area (Å²) in [7, 11) is 0. The summed E-state index contributed by atoms with van der Waals surface area (Å²) in [6, 6.07) is 20.5. The van der Waals surface area contributed by atoms with Crippen LogP contribution in [0.5, 0.6) is 5.75 Å². The Hall–Kier alpha value is -2.61. The fraction of sp³-hybridized carbons (Fsp3) is 0.105. The van der Waals surface area contributed by atoms with Gasteiger partial charge in [-0.15, -0.1) is 0 Å². The Morgan fingerprint density at radius 2 is 1.81 bits per heavy atom. The van der Waals surface area contributed by atoms with Gasteiger partial charge < -0.3 is 4.74 Å². The Morgan fingerprint density at radius 3 is 2.57 bits per heavy atom. The molecule has 0 aliphatic heterocycles. The van der Waals surface area contributed by atoms with E-state index in [1.165, 1.54) is 16.7 Å². The zero-order chi connectivity index (χ0) is 14.5. The predicted molar refractivity (Wildman–Crippen MR) is 85.2 cm³/mol. The maximum Gasteiger partial charge on any atom is 0.120 e. The van der Waals surface area contributed by atoms with Gasteiger partial charge in [-0.2, -0.15) is 0 Å². The van der Waals surface area contributed by atoms with Gasteiger partial charge in [-0.3, -0.25) is 4.98 Å². The maximum atomic E-state index is 5.87. The van der Waals surface area contributed by atoms with E-state index in [0.717, 1.165) is 11.3 Å². The van der Waals surface area contributed by atoms with Crippen molar-refractivity contribution in [2.45, 2.75) is 13.5 Å². The molecule has 1 heterocycles. The molecule has 2 heteroatoms. The topological polar surface area (TPSA) is 22.1 Å². The van der Waals surface area contributed by atoms with Crippen molar-refractivity contribution in [1.29, 1.82) is 0 Å². The summed E-state index contributed by atoms with van der Waals surface area (Å²) in [5.41, 5.74) is 4.73. The van der Waals surface area contributed by atoms with Gasteiger partial charge in [0.15, 0.2) is 0 Å². The number of aromatic nitrogens is 1. The molecule has 0 radical (unpaired) electrons. The highest BCUT2D eigenvalue weighted by atomic mass is 16.5. The third-order valence-electron chi connectivity index (χ3n) is 3.42. The van der Waals surface area contributed by atoms with Crippen molar-refractivity contribution in [3.63, 3.8) is 0 Å². The molecule has 0 atom stereocenters. The predicted octanol–water partition coefficient (Wildman–Crippen LogP) is 4.64. The van der Waals surface area contributed by atoms with Crippen LogP contribution in [0.3, 0.4) is 0 Å². The first-order valence-corrected chi connectivity index (χ1v) is 7.01. The average molecular weight is 275 g/mol. The number of aryl methyl sites for hydroxylation is 1. The Labute approximate surface area is 125 Å². The lowest BCUT2D eigenvalue weighted by atomic mass is 10.0. The summed E-state index contributed by atoms with van der Waals surface area (Å²) in [5, 5.41) is 0. The van der Waals surface area contributed by atoms with Gasteiger partial charge in [0.1, 0.15) is 12.4 Å². The minimum absolute atomic E-state index is 0.533. The number of pyridine rings is 1. The second-order valence-electron chi connectivity index (χ2n) is 4.99. The number of nitrogens with zero attached hydrogens (tertiary/aromatic N) is 1. The van der Waals surface area contributed by atoms with Crippen molar-refractivity contribution in [2.75, 3.05) is 0 Å². The van der Waals surface area contributed by atoms with E-state index in [0.29, 0.717) is 6.61 Å². The number of benzene rings is 2. The summed E-state index contributed by atoms with van der Waals surface area (Å²) >= 11 is 0. The van der Waals surface area contributed by atoms with Crippen LogP contribution in [0.25, 0.3) is 11.1 Å². The summed E-state index contributed by atoms with van der Waals surface area (Å²) in [5.74, 6) is 0.878. The SMILES string of the molecule is Cc1ccc(OCc2cccnc2)cc1-c1ccccc1. The van der Waals surface area contributed by atoms with Crippen molar-refractivity contribution in [2.24, 2.45) is 0 Å². The van der Waals surface area contributed by atoms with Crippen LogP contribution >= 0.6 is 0 Å². The molecule has 0 saturated carbocycles. The van der Waals surface area contributed by atoms with Crippen molar-refractivity contribution in [1.82, 2.24) is 4.98 Å². The maximum absolute atomic E-state index is 5.87. The molecule has 0 unspecified atom stereocenters. The minimum Gasteiger partial charge on any atom is -0.489 e. The molecule has 104 valence electrons. The highest BCUT2D eigenvalue weighted by Crippen LogP contribution is 2.27. The van der Waals surface area contributed by atoms with Crippen LogP contribution in [0.4, 0.5) is 0 Å². The van der Waals surface area contributed by atoms with Crippen molar-refractivity contribution in [3.05, 3.63) is 84.2 Å². The fourth-order valence-electron chi connectivity index (χ4n) is 2.27. The third kappa shape index (κ3) is 3.29. The van der Waals surface area contributed by atoms with Gasteiger partial charge in [-0.25, -0.2) is 0 Å². The number of rotatable bonds is 4. The van der Waals surface area contributed by atoms with E-state index >= 15 is 0 Å². The van der Waals surface area contributed by atoms with Crippen LogP contribution < -0.4 is 4.74 Å². The van der Waals surface area contributed by atoms with Gasteiger partial charge in [-0.1, -0.05) is 42.5 Å². The molecular weight excluding hydrogens is 258 g/mol. The van der Waals surface area contributed by atoms with Crippen molar-refractivity contribution < 1.29 is 4.74 Å². The molecule has 0 saturated heterocycles. The molecule has 0 aliphatic carbocycles. The van der Waals surface area contributed by atoms with Gasteiger partial charge in [-0.05, 0) is 41.8 Å². The smallest absolute Gasteiger partial charge is 0.120 e. The Kier molecular flexibility index (Phi) is 3.97. The standard InChI is InChI=1S/C19H17NO/c1-15-9-10-18(21-14-16-6-5-11-20-13-16)12-19(15)17-7-3-2-4-8-17/h2-13H,14H2,1H3. The molecule has 2 nitrogen and oxygen atoms in total. The quantitative estimate of drug-likeness (QED) is 0.692. The van der Waals surface area contributed by atoms with E-state index in [9.17, 15) is 0 Å². The van der Waals surface area contributed by atoms with Crippen LogP contribution in [-0.4, -0.2) is 4.98 Å². The molecule has 21 heavy (non-hydrogen) atoms. The first-order chi connectivity index (χ1) is 10.3. The van der Waals surface area contributed by atoms with Gasteiger partial charge >= 0.3 is 0 Å². The van der Waals surface area contributed by atoms with Gasteiger partial charge in [0.25, 0.3) is 0 Å². The molecule has 0 bridgehead atoms. The van der Waals surface area contributed by atoms with Crippen LogP contribution in [0.1, 0.15) is 11.1 Å². The third-order valence-corrected chi connectivity index (χ3v) is 3.42. The Morgan fingerprint density at radius 1 is 0.952 bits per heavy atom. The molecule has 0 fully saturated rings. The molecule has 0 N–H and O–H groups in total. The first-order valence-electron chi connectivity index (χ1n) is 7.01. The molecular formula is C19H17NO. The minimum atomic E-state index is 0.533. The van der Waals surface area contributed by atoms with E-state index in [1.807, 2.05) is 30.5 Å². The lowest BCUT2D eigenvalue weighted by Crippen LogP contribution is -1.96. The molecule has 0 spiro atoms. The second-order valence-corrected chi connectivity index (χ2v) is 4.99. The highest BCUT2D eigenvalue weighted by Gasteiger charge is 2.04. The molecule has 0 amide bonds. The molecule has 3 rings (SSSR count). The Balaban J connectivity index is 1.81. The lowest BCUT2D eigenvalue weighted by molar-refractivity contribution is 0.306. The molecule has 2 aromatic carbocycles. The van der Waals surface area contributed by atoms with Crippen molar-refractivity contribution >= 4 is 0 Å². The zero-order valence-corrected chi connectivity index (χ0v) is 12.0. The molecule has 0 aliphatic rings. The van der Waals surface area contributed by atoms with Crippen molar-refractivity contribution in [3.8, 4) is 16.9 Å². The number of hydrogen-bond acceptors (Lipinski definition) is 2. The Bertz CT molecular complexity index is 708. The zero-order valence-electron chi connectivity index (χ0n) is 12.0. The second kappa shape index (κ2) is 6.23. The summed E-state index contributed by atoms with van der Waals surface area (Å²) in [4.78, 5) is 4.10. The van der Waals surface area contributed by atoms with Gasteiger partial charge in [0.2, 0.25) is 0 Å². The monoisotopic (exact) mass is 275 g/mol. The fourth-order valence-corrected chi connectivity index (χ4v) is 2.27. The van der Waals surface area contributed by atoms with E-state index in [4.69, 9.17) is 4.74 Å². The summed E-state index contributed by atoms with van der Waals surface area (Å²) in [6.45, 7) is 2.65. The van der Waals surface area contributed by atoms with Gasteiger partial charge in [0, 0.05) is 18.0 Å². The van der Waals surface area contributed by atoms with Crippen LogP contribution in [0, 0.1) is 6.92 Å². The lowest BCUT2D eigenvalue weighted by Gasteiger charge is -2.11. The number of hydrogen-bond donors (Lipinski definition) is 0. The van der Waals surface area contributed by atoms with E-state index in [2.05, 4.69) is 48.3 Å². The summed E-state index contributed by atoms with van der Waals surface area (Å²) in [6.07, 6.45) is 3.59. The van der Waals surface area contributed by atoms with Crippen LogP contribution in [0.2, 0.25) is 0 Å². The van der Waals surface area contributed by atoms with E-state index < -0.39 is 0 Å². The highest BCUT2D eigenvalue weighted by molar-refractivity contribution is 5.68. The number of ether oxygens (including phenoxy) is 1. The van der Waals surface area contributed by atoms with E-state index in [1.54, 1.807) is 6.20 Å². The van der Waals surface area contributed by atoms with Crippen LogP contribution in [0.15, 0.2) is 73.1 Å². The molecule has 3 aromatic rings. The van der Waals surface area contributed by atoms with E-state index in [-0.39, 0.29) is 0 Å². The normalized spacial score (nSPS) is 10.3. The van der Waals surface area contributed by atoms with Gasteiger partial charge in [0.05, 0.1) is 0 Å². The first kappa shape index (κ1) is 13.4. The largest absolute Gasteiger partial charge is 0.489 e. The van der Waals surface area contributed by atoms with Crippen LogP contribution in [-0.2, 0) is 6.61 Å². The molecule has 1 aromatic heterocycles.